The highest BCUT2D eigenvalue weighted by atomic mass is 123. The van der Waals surface area contributed by atoms with E-state index in [2.05, 4.69) is 27.5 Å². The summed E-state index contributed by atoms with van der Waals surface area (Å²) in [6.07, 6.45) is 1.99. The summed E-state index contributed by atoms with van der Waals surface area (Å²) in [5.41, 5.74) is -0.722. The number of nitrogens with zero attached hydrogens (tertiary/aromatic N) is 1. The summed E-state index contributed by atoms with van der Waals surface area (Å²) in [7, 11) is 0. The van der Waals surface area contributed by atoms with Gasteiger partial charge in [0.25, 0.3) is 0 Å². The molecule has 5 rings (SSSR count). The Hall–Kier alpha value is -1.44. The Balaban J connectivity index is 1.66. The van der Waals surface area contributed by atoms with Crippen LogP contribution in [-0.4, -0.2) is 41.7 Å². The van der Waals surface area contributed by atoms with Crippen LogP contribution in [0.2, 0.25) is 0 Å². The van der Waals surface area contributed by atoms with Gasteiger partial charge >= 0.3 is 5.97 Å². The Morgan fingerprint density at radius 3 is 2.23 bits per heavy atom. The fourth-order valence-corrected chi connectivity index (χ4v) is 4.40. The molecule has 0 spiro atoms. The van der Waals surface area contributed by atoms with Crippen molar-refractivity contribution in [2.24, 2.45) is 5.92 Å². The van der Waals surface area contributed by atoms with Gasteiger partial charge in [-0.15, -0.1) is 0 Å². The Bertz CT molecular complexity index is 772. The van der Waals surface area contributed by atoms with Gasteiger partial charge in [0.05, 0.1) is 0 Å². The number of halogens is 1. The average molecular weight is 459 g/mol. The molecule has 2 aromatic rings. The number of carbonyl (C=O) groups is 1. The molecule has 0 radical (unpaired) electrons. The van der Waals surface area contributed by atoms with Crippen molar-refractivity contribution in [3.63, 3.8) is 0 Å². The minimum atomic E-state index is -1.79. The normalized spacial score (nSPS) is 26.9. The highest BCUT2D eigenvalue weighted by Crippen LogP contribution is 2.35. The fourth-order valence-electron chi connectivity index (χ4n) is 4.04. The Labute approximate surface area is 167 Å². The van der Waals surface area contributed by atoms with Gasteiger partial charge < -0.3 is 9.84 Å². The van der Waals surface area contributed by atoms with Crippen LogP contribution in [0.1, 0.15) is 24.0 Å². The summed E-state index contributed by atoms with van der Waals surface area (Å²) in [5.74, 6) is -0.177. The molecule has 3 aliphatic heterocycles. The molecule has 0 aliphatic carbocycles. The van der Waals surface area contributed by atoms with Crippen LogP contribution in [0.15, 0.2) is 54.6 Å². The van der Waals surface area contributed by atoms with Gasteiger partial charge in [0.1, 0.15) is 6.10 Å². The maximum atomic E-state index is 13.2. The highest BCUT2D eigenvalue weighted by molar-refractivity contribution is 14.1. The fraction of sp³-hybridized carbons (Fsp3) is 0.381. The van der Waals surface area contributed by atoms with Crippen LogP contribution in [0.4, 0.5) is 0 Å². The maximum absolute atomic E-state index is 13.2. The van der Waals surface area contributed by atoms with Crippen LogP contribution in [0, 0.1) is 9.49 Å². The van der Waals surface area contributed by atoms with Crippen LogP contribution in [0.3, 0.4) is 0 Å². The standard InChI is InChI=1S/C21H22INO3/c22-18-8-6-17(7-9-18)21(25,16-4-2-1-3-5-16)20(24)26-19-14-23-12-10-15(19)11-13-23/h1-9,15,19,25H,10-14H2/t19-,21+/m0/s1/i22-4. The minimum absolute atomic E-state index is 0.135. The second kappa shape index (κ2) is 7.29. The summed E-state index contributed by atoms with van der Waals surface area (Å²) < 4.78 is 6.95. The number of carbonyl (C=O) groups excluding carboxylic acids is 1. The summed E-state index contributed by atoms with van der Waals surface area (Å²) in [4.78, 5) is 15.5. The highest BCUT2D eigenvalue weighted by Gasteiger charge is 2.45. The van der Waals surface area contributed by atoms with Crippen LogP contribution < -0.4 is 0 Å². The third-order valence-corrected chi connectivity index (χ3v) is 6.32. The van der Waals surface area contributed by atoms with Crippen LogP contribution >= 0.6 is 22.6 Å². The van der Waals surface area contributed by atoms with Crippen molar-refractivity contribution in [3.05, 3.63) is 69.3 Å². The Morgan fingerprint density at radius 1 is 1.04 bits per heavy atom. The summed E-state index contributed by atoms with van der Waals surface area (Å²) in [6, 6.07) is 16.5. The zero-order valence-corrected chi connectivity index (χ0v) is 16.6. The first kappa shape index (κ1) is 17.9. The Morgan fingerprint density at radius 2 is 1.65 bits per heavy atom. The van der Waals surface area contributed by atoms with Gasteiger partial charge in [0.15, 0.2) is 0 Å². The molecule has 4 nitrogen and oxygen atoms in total. The predicted octanol–water partition coefficient (Wildman–Crippen LogP) is 3.16. The average Bonchev–Trinajstić information content (AvgIpc) is 2.69. The van der Waals surface area contributed by atoms with E-state index in [1.807, 2.05) is 30.3 Å². The molecule has 3 aliphatic rings. The zero-order chi connectivity index (χ0) is 18.1. The van der Waals surface area contributed by atoms with Crippen molar-refractivity contribution in [2.45, 2.75) is 24.5 Å². The van der Waals surface area contributed by atoms with E-state index in [4.69, 9.17) is 4.74 Å². The van der Waals surface area contributed by atoms with E-state index in [0.29, 0.717) is 17.0 Å². The lowest BCUT2D eigenvalue weighted by molar-refractivity contribution is -0.177. The summed E-state index contributed by atoms with van der Waals surface area (Å²) >= 11 is 2.21. The lowest BCUT2D eigenvalue weighted by Crippen LogP contribution is -2.53. The maximum Gasteiger partial charge on any atom is 0.348 e. The number of esters is 1. The van der Waals surface area contributed by atoms with Gasteiger partial charge in [-0.2, -0.15) is 0 Å². The lowest BCUT2D eigenvalue weighted by Gasteiger charge is -2.44. The number of benzene rings is 2. The van der Waals surface area contributed by atoms with Gasteiger partial charge in [0, 0.05) is 10.1 Å². The van der Waals surface area contributed by atoms with Gasteiger partial charge in [0.2, 0.25) is 5.60 Å². The van der Waals surface area contributed by atoms with E-state index >= 15 is 0 Å². The van der Waals surface area contributed by atoms with Crippen molar-refractivity contribution >= 4 is 28.6 Å². The number of fused-ring (bicyclic) bond motifs is 3. The minimum Gasteiger partial charge on any atom is -0.458 e. The van der Waals surface area contributed by atoms with Crippen LogP contribution in [0.25, 0.3) is 0 Å². The molecule has 0 amide bonds. The third-order valence-electron chi connectivity index (χ3n) is 5.60. The Kier molecular flexibility index (Phi) is 5.03. The topological polar surface area (TPSA) is 49.8 Å². The SMILES string of the molecule is O=C(O[C@H]1CN2CCC1CC2)[C@@](O)(c1ccccc1)c1ccc([123I])cc1. The lowest BCUT2D eigenvalue weighted by atomic mass is 9.84. The molecule has 0 unspecified atom stereocenters. The number of piperidine rings is 3. The molecule has 2 bridgehead atoms. The molecule has 0 aromatic heterocycles. The smallest absolute Gasteiger partial charge is 0.348 e. The van der Waals surface area contributed by atoms with E-state index in [1.165, 1.54) is 0 Å². The number of aliphatic hydroxyl groups is 1. The van der Waals surface area contributed by atoms with E-state index in [9.17, 15) is 9.90 Å². The molecule has 2 aromatic carbocycles. The quantitative estimate of drug-likeness (QED) is 0.564. The predicted molar refractivity (Wildman–Crippen MR) is 108 cm³/mol. The molecule has 3 fully saturated rings. The summed E-state index contributed by atoms with van der Waals surface area (Å²) in [5, 5.41) is 11.5. The van der Waals surface area contributed by atoms with Crippen molar-refractivity contribution in [2.75, 3.05) is 19.6 Å². The first-order valence-electron chi connectivity index (χ1n) is 9.05. The van der Waals surface area contributed by atoms with Gasteiger partial charge in [-0.3, -0.25) is 4.90 Å². The molecular formula is C21H22INO3. The monoisotopic (exact) mass is 459 g/mol. The van der Waals surface area contributed by atoms with Crippen LogP contribution in [0.5, 0.6) is 0 Å². The summed E-state index contributed by atoms with van der Waals surface area (Å²) in [6.45, 7) is 2.94. The number of rotatable bonds is 4. The van der Waals surface area contributed by atoms with Crippen molar-refractivity contribution in [1.82, 2.24) is 4.90 Å². The van der Waals surface area contributed by atoms with E-state index < -0.39 is 11.6 Å². The molecule has 26 heavy (non-hydrogen) atoms. The van der Waals surface area contributed by atoms with Crippen molar-refractivity contribution < 1.29 is 14.6 Å². The molecule has 3 saturated heterocycles. The molecule has 2 atom stereocenters. The van der Waals surface area contributed by atoms with Crippen LogP contribution in [-0.2, 0) is 15.1 Å². The van der Waals surface area contributed by atoms with E-state index in [1.54, 1.807) is 24.3 Å². The molecule has 136 valence electrons. The van der Waals surface area contributed by atoms with E-state index in [-0.39, 0.29) is 6.10 Å². The largest absolute Gasteiger partial charge is 0.458 e. The second-order valence-electron chi connectivity index (χ2n) is 7.17. The first-order chi connectivity index (χ1) is 12.6. The molecule has 3 heterocycles. The second-order valence-corrected chi connectivity index (χ2v) is 8.41. The van der Waals surface area contributed by atoms with Gasteiger partial charge in [-0.05, 0) is 77.7 Å². The van der Waals surface area contributed by atoms with E-state index in [0.717, 1.165) is 36.0 Å². The number of ether oxygens (including phenoxy) is 1. The third kappa shape index (κ3) is 3.28. The van der Waals surface area contributed by atoms with Crippen molar-refractivity contribution in [3.8, 4) is 0 Å². The van der Waals surface area contributed by atoms with Crippen molar-refractivity contribution in [1.29, 1.82) is 0 Å². The van der Waals surface area contributed by atoms with Gasteiger partial charge in [-0.25, -0.2) is 4.79 Å². The first-order valence-corrected chi connectivity index (χ1v) is 10.1. The molecule has 1 N–H and O–H groups in total. The number of hydrogen-bond donors (Lipinski definition) is 1. The zero-order valence-electron chi connectivity index (χ0n) is 14.5. The molecule has 5 heteroatoms. The molecule has 0 saturated carbocycles. The molecular weight excluding hydrogens is 437 g/mol. The number of hydrogen-bond acceptors (Lipinski definition) is 4. The van der Waals surface area contributed by atoms with Gasteiger partial charge in [-0.1, -0.05) is 42.5 Å².